The van der Waals surface area contributed by atoms with Crippen molar-refractivity contribution in [2.75, 3.05) is 17.7 Å². The molecule has 0 radical (unpaired) electrons. The van der Waals surface area contributed by atoms with E-state index in [1.54, 1.807) is 25.3 Å². The Labute approximate surface area is 158 Å². The molecule has 0 aliphatic rings. The number of halogens is 2. The zero-order valence-corrected chi connectivity index (χ0v) is 16.4. The predicted octanol–water partition coefficient (Wildman–Crippen LogP) is 6.11. The van der Waals surface area contributed by atoms with Gasteiger partial charge in [0, 0.05) is 5.02 Å². The van der Waals surface area contributed by atoms with E-state index in [0.717, 1.165) is 5.69 Å². The quantitative estimate of drug-likeness (QED) is 0.627. The Morgan fingerprint density at radius 1 is 1.00 bits per heavy atom. The van der Waals surface area contributed by atoms with Gasteiger partial charge in [-0.1, -0.05) is 50.0 Å². The van der Waals surface area contributed by atoms with Gasteiger partial charge in [-0.25, -0.2) is 0 Å². The second-order valence-electron chi connectivity index (χ2n) is 6.37. The summed E-state index contributed by atoms with van der Waals surface area (Å²) in [7, 11) is 1.63. The van der Waals surface area contributed by atoms with Crippen LogP contribution in [0.15, 0.2) is 36.4 Å². The highest BCUT2D eigenvalue weighted by molar-refractivity contribution is 7.80. The van der Waals surface area contributed by atoms with Crippen molar-refractivity contribution >= 4 is 51.9 Å². The summed E-state index contributed by atoms with van der Waals surface area (Å²) in [6.07, 6.45) is 0. The number of methoxy groups -OCH3 is 1. The summed E-state index contributed by atoms with van der Waals surface area (Å²) in [5.74, 6) is 0.717. The molecule has 0 unspecified atom stereocenters. The molecule has 0 aromatic heterocycles. The van der Waals surface area contributed by atoms with Crippen molar-refractivity contribution in [3.05, 3.63) is 52.0 Å². The Hall–Kier alpha value is -1.49. The Morgan fingerprint density at radius 2 is 1.67 bits per heavy atom. The van der Waals surface area contributed by atoms with Crippen molar-refractivity contribution in [2.24, 2.45) is 0 Å². The summed E-state index contributed by atoms with van der Waals surface area (Å²) < 4.78 is 5.41. The minimum absolute atomic E-state index is 0.0250. The highest BCUT2D eigenvalue weighted by atomic mass is 35.5. The number of thiocarbonyl (C=S) groups is 1. The fraction of sp³-hybridized carbons (Fsp3) is 0.278. The fourth-order valence-corrected chi connectivity index (χ4v) is 2.81. The smallest absolute Gasteiger partial charge is 0.175 e. The van der Waals surface area contributed by atoms with Gasteiger partial charge in [-0.05, 0) is 53.5 Å². The molecule has 128 valence electrons. The molecular weight excluding hydrogens is 363 g/mol. The molecule has 0 atom stereocenters. The number of nitrogens with one attached hydrogen (secondary N) is 2. The molecule has 0 spiro atoms. The second kappa shape index (κ2) is 7.60. The first-order chi connectivity index (χ1) is 11.2. The van der Waals surface area contributed by atoms with E-state index in [9.17, 15) is 0 Å². The van der Waals surface area contributed by atoms with Crippen LogP contribution >= 0.6 is 35.4 Å². The van der Waals surface area contributed by atoms with Gasteiger partial charge in [0.2, 0.25) is 0 Å². The second-order valence-corrected chi connectivity index (χ2v) is 7.62. The zero-order valence-electron chi connectivity index (χ0n) is 14.0. The third-order valence-corrected chi connectivity index (χ3v) is 4.24. The molecule has 0 saturated carbocycles. The Balaban J connectivity index is 2.21. The van der Waals surface area contributed by atoms with Gasteiger partial charge in [-0.2, -0.15) is 0 Å². The molecule has 3 nitrogen and oxygen atoms in total. The molecule has 0 bridgehead atoms. The first kappa shape index (κ1) is 18.8. The lowest BCUT2D eigenvalue weighted by molar-refractivity contribution is 0.416. The highest BCUT2D eigenvalue weighted by Crippen LogP contribution is 2.32. The topological polar surface area (TPSA) is 33.3 Å². The molecule has 2 rings (SSSR count). The zero-order chi connectivity index (χ0) is 17.9. The van der Waals surface area contributed by atoms with Gasteiger partial charge in [0.1, 0.15) is 5.75 Å². The summed E-state index contributed by atoms with van der Waals surface area (Å²) in [6, 6.07) is 11.2. The van der Waals surface area contributed by atoms with E-state index < -0.39 is 0 Å². The maximum atomic E-state index is 6.16. The van der Waals surface area contributed by atoms with Crippen LogP contribution in [0.1, 0.15) is 26.3 Å². The molecule has 2 aromatic carbocycles. The molecule has 6 heteroatoms. The van der Waals surface area contributed by atoms with Gasteiger partial charge in [-0.3, -0.25) is 0 Å². The molecule has 0 aliphatic heterocycles. The van der Waals surface area contributed by atoms with Crippen molar-refractivity contribution in [1.29, 1.82) is 0 Å². The minimum atomic E-state index is 0.0250. The van der Waals surface area contributed by atoms with Crippen LogP contribution in [0.4, 0.5) is 11.4 Å². The number of anilines is 2. The van der Waals surface area contributed by atoms with Crippen LogP contribution in [0, 0.1) is 0 Å². The molecular formula is C18H20Cl2N2OS. The lowest BCUT2D eigenvalue weighted by Gasteiger charge is -2.22. The number of benzene rings is 2. The summed E-state index contributed by atoms with van der Waals surface area (Å²) in [6.45, 7) is 6.47. The van der Waals surface area contributed by atoms with Crippen LogP contribution in [0.2, 0.25) is 10.0 Å². The molecule has 0 aliphatic carbocycles. The number of rotatable bonds is 3. The van der Waals surface area contributed by atoms with Crippen LogP contribution in [0.3, 0.4) is 0 Å². The normalized spacial score (nSPS) is 11.1. The Morgan fingerprint density at radius 3 is 2.25 bits per heavy atom. The largest absolute Gasteiger partial charge is 0.495 e. The third-order valence-electron chi connectivity index (χ3n) is 3.49. The Bertz CT molecular complexity index is 757. The van der Waals surface area contributed by atoms with Gasteiger partial charge < -0.3 is 15.4 Å². The van der Waals surface area contributed by atoms with Crippen LogP contribution in [0.25, 0.3) is 0 Å². The van der Waals surface area contributed by atoms with E-state index >= 15 is 0 Å². The molecule has 24 heavy (non-hydrogen) atoms. The molecule has 0 saturated heterocycles. The Kier molecular flexibility index (Phi) is 5.97. The molecule has 0 heterocycles. The van der Waals surface area contributed by atoms with Gasteiger partial charge >= 0.3 is 0 Å². The van der Waals surface area contributed by atoms with E-state index in [4.69, 9.17) is 40.2 Å². The maximum absolute atomic E-state index is 6.16. The van der Waals surface area contributed by atoms with Crippen LogP contribution in [0.5, 0.6) is 5.75 Å². The summed E-state index contributed by atoms with van der Waals surface area (Å²) >= 11 is 17.5. The number of ether oxygens (including phenoxy) is 1. The summed E-state index contributed by atoms with van der Waals surface area (Å²) in [5, 5.41) is 7.73. The van der Waals surface area contributed by atoms with Crippen molar-refractivity contribution in [1.82, 2.24) is 0 Å². The number of hydrogen-bond acceptors (Lipinski definition) is 2. The number of hydrogen-bond donors (Lipinski definition) is 2. The van der Waals surface area contributed by atoms with Gasteiger partial charge in [0.25, 0.3) is 0 Å². The van der Waals surface area contributed by atoms with Crippen molar-refractivity contribution in [3.8, 4) is 5.75 Å². The summed E-state index contributed by atoms with van der Waals surface area (Å²) in [4.78, 5) is 0. The molecule has 2 N–H and O–H groups in total. The summed E-state index contributed by atoms with van der Waals surface area (Å²) in [5.41, 5.74) is 2.69. The first-order valence-electron chi connectivity index (χ1n) is 7.42. The SMILES string of the molecule is COc1ccc(C(C)(C)C)cc1NC(=S)Nc1ccc(Cl)cc1Cl. The van der Waals surface area contributed by atoms with E-state index in [1.807, 2.05) is 12.1 Å². The highest BCUT2D eigenvalue weighted by Gasteiger charge is 2.16. The lowest BCUT2D eigenvalue weighted by Crippen LogP contribution is -2.20. The average molecular weight is 383 g/mol. The van der Waals surface area contributed by atoms with Gasteiger partial charge in [0.05, 0.1) is 23.5 Å². The van der Waals surface area contributed by atoms with E-state index in [0.29, 0.717) is 26.6 Å². The minimum Gasteiger partial charge on any atom is -0.495 e. The van der Waals surface area contributed by atoms with E-state index in [1.165, 1.54) is 5.56 Å². The van der Waals surface area contributed by atoms with Crippen molar-refractivity contribution in [2.45, 2.75) is 26.2 Å². The molecule has 0 amide bonds. The van der Waals surface area contributed by atoms with Gasteiger partial charge in [-0.15, -0.1) is 0 Å². The lowest BCUT2D eigenvalue weighted by atomic mass is 9.87. The maximum Gasteiger partial charge on any atom is 0.175 e. The average Bonchev–Trinajstić information content (AvgIpc) is 2.49. The van der Waals surface area contributed by atoms with E-state index in [2.05, 4.69) is 37.5 Å². The monoisotopic (exact) mass is 382 g/mol. The van der Waals surface area contributed by atoms with Crippen LogP contribution in [-0.4, -0.2) is 12.2 Å². The first-order valence-corrected chi connectivity index (χ1v) is 8.58. The van der Waals surface area contributed by atoms with Crippen molar-refractivity contribution < 1.29 is 4.74 Å². The molecule has 0 fully saturated rings. The van der Waals surface area contributed by atoms with E-state index in [-0.39, 0.29) is 5.41 Å². The van der Waals surface area contributed by atoms with Gasteiger partial charge in [0.15, 0.2) is 5.11 Å². The third kappa shape index (κ3) is 4.76. The fourth-order valence-electron chi connectivity index (χ4n) is 2.14. The van der Waals surface area contributed by atoms with Crippen molar-refractivity contribution in [3.63, 3.8) is 0 Å². The predicted molar refractivity (Wildman–Crippen MR) is 108 cm³/mol. The molecule has 2 aromatic rings. The van der Waals surface area contributed by atoms with Crippen LogP contribution < -0.4 is 15.4 Å². The van der Waals surface area contributed by atoms with Crippen LogP contribution in [-0.2, 0) is 5.41 Å². The standard InChI is InChI=1S/C18H20Cl2N2OS/c1-18(2,3)11-5-8-16(23-4)15(9-11)22-17(24)21-14-7-6-12(19)10-13(14)20/h5-10H,1-4H3,(H2,21,22,24).